The van der Waals surface area contributed by atoms with E-state index in [0.717, 1.165) is 0 Å². The fraction of sp³-hybridized carbons (Fsp3) is 0.591. The van der Waals surface area contributed by atoms with E-state index in [4.69, 9.17) is 10.1 Å². The second-order valence-electron chi connectivity index (χ2n) is 8.12. The van der Waals surface area contributed by atoms with Crippen molar-refractivity contribution in [3.8, 4) is 0 Å². The second-order valence-corrected chi connectivity index (χ2v) is 8.12. The number of hydrogen-bond acceptors (Lipinski definition) is 4. The van der Waals surface area contributed by atoms with Crippen molar-refractivity contribution in [2.75, 3.05) is 19.7 Å². The van der Waals surface area contributed by atoms with Crippen molar-refractivity contribution < 1.29 is 18.7 Å². The van der Waals surface area contributed by atoms with Gasteiger partial charge in [-0.05, 0) is 56.8 Å². The molecule has 3 amide bonds. The summed E-state index contributed by atoms with van der Waals surface area (Å²) in [6, 6.07) is -0.905. The van der Waals surface area contributed by atoms with Crippen molar-refractivity contribution >= 4 is 18.0 Å². The molecule has 1 aliphatic carbocycles. The van der Waals surface area contributed by atoms with Crippen LogP contribution in [0.1, 0.15) is 47.0 Å². The van der Waals surface area contributed by atoms with Gasteiger partial charge in [-0.1, -0.05) is 26.0 Å². The number of allylic oxidation sites excluding steroid dienone is 3. The maximum atomic E-state index is 13.4. The second kappa shape index (κ2) is 10.9. The number of amides is 3. The summed E-state index contributed by atoms with van der Waals surface area (Å²) >= 11 is 0. The average molecular weight is 421 g/mol. The largest absolute Gasteiger partial charge is 0.449 e. The van der Waals surface area contributed by atoms with Crippen molar-refractivity contribution in [1.29, 1.82) is 5.41 Å². The molecule has 1 heterocycles. The number of rotatable bonds is 5. The number of likely N-dealkylation sites (tertiary alicyclic amines) is 1. The van der Waals surface area contributed by atoms with Crippen LogP contribution in [0.4, 0.5) is 14.0 Å². The molecule has 1 unspecified atom stereocenters. The number of nitrogens with zero attached hydrogens (tertiary/aromatic N) is 2. The Bertz CT molecular complexity index is 737. The van der Waals surface area contributed by atoms with Gasteiger partial charge in [0.2, 0.25) is 0 Å². The summed E-state index contributed by atoms with van der Waals surface area (Å²) < 4.78 is 18.6. The molecule has 1 fully saturated rings. The smallest absolute Gasteiger partial charge is 0.409 e. The van der Waals surface area contributed by atoms with E-state index in [0.29, 0.717) is 44.5 Å². The molecule has 166 valence electrons. The lowest BCUT2D eigenvalue weighted by molar-refractivity contribution is 0.0821. The molecule has 0 bridgehead atoms. The van der Waals surface area contributed by atoms with E-state index in [1.54, 1.807) is 24.0 Å². The molecule has 0 radical (unpaired) electrons. The van der Waals surface area contributed by atoms with Crippen LogP contribution >= 0.6 is 0 Å². The monoisotopic (exact) mass is 420 g/mol. The number of halogens is 1. The van der Waals surface area contributed by atoms with Crippen LogP contribution < -0.4 is 5.32 Å². The minimum Gasteiger partial charge on any atom is -0.449 e. The highest BCUT2D eigenvalue weighted by atomic mass is 19.1. The Kier molecular flexibility index (Phi) is 8.62. The Hall–Kier alpha value is -2.64. The fourth-order valence-electron chi connectivity index (χ4n) is 3.30. The topological polar surface area (TPSA) is 85.7 Å². The van der Waals surface area contributed by atoms with Crippen LogP contribution in [-0.4, -0.2) is 59.5 Å². The van der Waals surface area contributed by atoms with Crippen molar-refractivity contribution in [1.82, 2.24) is 15.1 Å². The molecule has 2 rings (SSSR count). The molecule has 0 saturated carbocycles. The van der Waals surface area contributed by atoms with E-state index in [1.165, 1.54) is 17.1 Å². The van der Waals surface area contributed by atoms with E-state index in [2.05, 4.69) is 5.32 Å². The molecule has 30 heavy (non-hydrogen) atoms. The summed E-state index contributed by atoms with van der Waals surface area (Å²) in [5, 5.41) is 11.4. The van der Waals surface area contributed by atoms with Gasteiger partial charge in [0.25, 0.3) is 0 Å². The molecule has 1 saturated heterocycles. The van der Waals surface area contributed by atoms with E-state index >= 15 is 0 Å². The fourth-order valence-corrected chi connectivity index (χ4v) is 3.30. The number of urea groups is 1. The standard InChI is InChI=1S/C22H33FN4O3/c1-5-16(4)20(24)27(19-8-6-17(23)7-9-19)21(28)25-18-10-12-26(13-11-18)22(29)30-14-15(2)3/h5-8,15,18-19,24H,9-14H2,1-4H3,(H,25,28)/b16-5+,24-20?. The quantitative estimate of drug-likeness (QED) is 0.511. The lowest BCUT2D eigenvalue weighted by Gasteiger charge is -2.35. The Labute approximate surface area is 178 Å². The number of carbonyl (C=O) groups excluding carboxylic acids is 2. The van der Waals surface area contributed by atoms with Crippen molar-refractivity contribution in [3.05, 3.63) is 35.7 Å². The summed E-state index contributed by atoms with van der Waals surface area (Å²) in [6.07, 6.45) is 7.35. The molecule has 1 aliphatic heterocycles. The van der Waals surface area contributed by atoms with Crippen LogP contribution in [0.2, 0.25) is 0 Å². The Morgan fingerprint density at radius 3 is 2.60 bits per heavy atom. The highest BCUT2D eigenvalue weighted by Crippen LogP contribution is 2.20. The van der Waals surface area contributed by atoms with Gasteiger partial charge in [-0.25, -0.2) is 14.0 Å². The third kappa shape index (κ3) is 6.43. The van der Waals surface area contributed by atoms with Crippen LogP contribution in [0, 0.1) is 11.3 Å². The first-order chi connectivity index (χ1) is 14.2. The van der Waals surface area contributed by atoms with Gasteiger partial charge in [0, 0.05) is 19.1 Å². The Morgan fingerprint density at radius 2 is 2.07 bits per heavy atom. The number of ether oxygens (including phenoxy) is 1. The summed E-state index contributed by atoms with van der Waals surface area (Å²) in [7, 11) is 0. The molecule has 8 heteroatoms. The SMILES string of the molecule is C/C=C(\C)C(=N)N(C(=O)NC1CCN(C(=O)OCC(C)C)CC1)C1C=CC(F)=CC1. The average Bonchev–Trinajstić information content (AvgIpc) is 2.73. The predicted molar refractivity (Wildman–Crippen MR) is 115 cm³/mol. The minimum atomic E-state index is -0.419. The number of carbonyl (C=O) groups is 2. The molecule has 2 N–H and O–H groups in total. The third-order valence-electron chi connectivity index (χ3n) is 5.25. The zero-order chi connectivity index (χ0) is 22.3. The number of piperidine rings is 1. The van der Waals surface area contributed by atoms with Crippen LogP contribution in [0.5, 0.6) is 0 Å². The molecule has 1 atom stereocenters. The minimum absolute atomic E-state index is 0.0926. The van der Waals surface area contributed by atoms with Gasteiger partial charge in [-0.15, -0.1) is 0 Å². The molecule has 7 nitrogen and oxygen atoms in total. The summed E-state index contributed by atoms with van der Waals surface area (Å²) in [5.41, 5.74) is 0.663. The van der Waals surface area contributed by atoms with Gasteiger partial charge in [-0.2, -0.15) is 0 Å². The molecule has 0 spiro atoms. The zero-order valence-electron chi connectivity index (χ0n) is 18.3. The lowest BCUT2D eigenvalue weighted by atomic mass is 10.0. The Morgan fingerprint density at radius 1 is 1.40 bits per heavy atom. The maximum Gasteiger partial charge on any atom is 0.409 e. The highest BCUT2D eigenvalue weighted by molar-refractivity contribution is 6.05. The molecular formula is C22H33FN4O3. The van der Waals surface area contributed by atoms with Gasteiger partial charge in [0.1, 0.15) is 11.7 Å². The number of amidine groups is 1. The van der Waals surface area contributed by atoms with Gasteiger partial charge >= 0.3 is 12.1 Å². The van der Waals surface area contributed by atoms with Crippen molar-refractivity contribution in [2.24, 2.45) is 5.92 Å². The van der Waals surface area contributed by atoms with E-state index in [1.807, 2.05) is 20.8 Å². The highest BCUT2D eigenvalue weighted by Gasteiger charge is 2.31. The van der Waals surface area contributed by atoms with Crippen molar-refractivity contribution in [3.63, 3.8) is 0 Å². The normalized spacial score (nSPS) is 20.1. The van der Waals surface area contributed by atoms with Crippen molar-refractivity contribution in [2.45, 2.75) is 59.0 Å². The summed E-state index contributed by atoms with van der Waals surface area (Å²) in [4.78, 5) is 28.2. The zero-order valence-corrected chi connectivity index (χ0v) is 18.3. The van der Waals surface area contributed by atoms with E-state index < -0.39 is 6.04 Å². The van der Waals surface area contributed by atoms with Crippen LogP contribution in [0.25, 0.3) is 0 Å². The molecule has 0 aromatic carbocycles. The predicted octanol–water partition coefficient (Wildman–Crippen LogP) is 4.38. The molecule has 2 aliphatic rings. The number of hydrogen-bond donors (Lipinski definition) is 2. The Balaban J connectivity index is 1.97. The molecule has 0 aromatic rings. The van der Waals surface area contributed by atoms with Gasteiger partial charge in [0.05, 0.1) is 12.6 Å². The van der Waals surface area contributed by atoms with Gasteiger partial charge in [-0.3, -0.25) is 10.3 Å². The molecule has 0 aromatic heterocycles. The third-order valence-corrected chi connectivity index (χ3v) is 5.25. The van der Waals surface area contributed by atoms with E-state index in [-0.39, 0.29) is 35.7 Å². The van der Waals surface area contributed by atoms with Crippen LogP contribution in [0.15, 0.2) is 35.7 Å². The lowest BCUT2D eigenvalue weighted by Crippen LogP contribution is -2.54. The number of nitrogens with one attached hydrogen (secondary N) is 2. The van der Waals surface area contributed by atoms with Crippen LogP contribution in [0.3, 0.4) is 0 Å². The van der Waals surface area contributed by atoms with Gasteiger partial charge in [0.15, 0.2) is 0 Å². The van der Waals surface area contributed by atoms with E-state index in [9.17, 15) is 14.0 Å². The first-order valence-electron chi connectivity index (χ1n) is 10.5. The molecular weight excluding hydrogens is 387 g/mol. The maximum absolute atomic E-state index is 13.4. The van der Waals surface area contributed by atoms with Gasteiger partial charge < -0.3 is 15.0 Å². The summed E-state index contributed by atoms with van der Waals surface area (Å²) in [5.74, 6) is 0.0394. The van der Waals surface area contributed by atoms with Crippen LogP contribution in [-0.2, 0) is 4.74 Å². The first-order valence-corrected chi connectivity index (χ1v) is 10.5. The summed E-state index contributed by atoms with van der Waals surface area (Å²) in [6.45, 7) is 8.95. The first kappa shape index (κ1) is 23.6.